The molecule has 2 saturated carbocycles. The van der Waals surface area contributed by atoms with Crippen molar-refractivity contribution in [2.24, 2.45) is 10.9 Å². The number of piperazine rings is 1. The van der Waals surface area contributed by atoms with Gasteiger partial charge < -0.3 is 10.2 Å². The Morgan fingerprint density at radius 2 is 2.10 bits per heavy atom. The zero-order valence-corrected chi connectivity index (χ0v) is 13.5. The zero-order chi connectivity index (χ0) is 15.0. The summed E-state index contributed by atoms with van der Waals surface area (Å²) in [7, 11) is 0. The molecule has 3 fully saturated rings. The molecule has 1 heterocycles. The Morgan fingerprint density at radius 3 is 2.71 bits per heavy atom. The van der Waals surface area contributed by atoms with E-state index in [9.17, 15) is 0 Å². The first kappa shape index (κ1) is 14.6. The van der Waals surface area contributed by atoms with Gasteiger partial charge in [-0.25, -0.2) is 0 Å². The van der Waals surface area contributed by atoms with E-state index in [1.807, 2.05) is 0 Å². The van der Waals surface area contributed by atoms with Gasteiger partial charge in [-0.3, -0.25) is 4.99 Å². The molecule has 0 aromatic carbocycles. The topological polar surface area (TPSA) is 27.6 Å². The number of nitrogens with one attached hydrogen (secondary N) is 1. The van der Waals surface area contributed by atoms with Crippen LogP contribution in [0.5, 0.6) is 0 Å². The molecule has 3 rings (SSSR count). The third kappa shape index (κ3) is 2.84. The lowest BCUT2D eigenvalue weighted by atomic mass is 9.95. The van der Waals surface area contributed by atoms with E-state index in [2.05, 4.69) is 48.6 Å². The van der Waals surface area contributed by atoms with Crippen molar-refractivity contribution in [3.63, 3.8) is 0 Å². The molecule has 2 unspecified atom stereocenters. The third-order valence-electron chi connectivity index (χ3n) is 4.97. The second kappa shape index (κ2) is 5.80. The molecule has 114 valence electrons. The van der Waals surface area contributed by atoms with Crippen molar-refractivity contribution in [1.82, 2.24) is 10.2 Å². The number of rotatable bonds is 5. The minimum absolute atomic E-state index is 0.697. The Bertz CT molecular complexity index is 523. The monoisotopic (exact) mass is 285 g/mol. The first-order valence-corrected chi connectivity index (χ1v) is 8.20. The number of fused-ring (bicyclic) bond motifs is 1. The molecule has 1 N–H and O–H groups in total. The fraction of sp³-hybridized carbons (Fsp3) is 0.611. The average molecular weight is 285 g/mol. The van der Waals surface area contributed by atoms with Crippen LogP contribution in [-0.2, 0) is 0 Å². The van der Waals surface area contributed by atoms with Crippen LogP contribution >= 0.6 is 0 Å². The highest BCUT2D eigenvalue weighted by Gasteiger charge is 2.45. The van der Waals surface area contributed by atoms with E-state index >= 15 is 0 Å². The van der Waals surface area contributed by atoms with Gasteiger partial charge in [0.25, 0.3) is 0 Å². The molecule has 2 aliphatic carbocycles. The van der Waals surface area contributed by atoms with E-state index in [-0.39, 0.29) is 0 Å². The van der Waals surface area contributed by atoms with E-state index in [0.717, 1.165) is 24.7 Å². The van der Waals surface area contributed by atoms with Gasteiger partial charge in [0.1, 0.15) is 0 Å². The third-order valence-corrected chi connectivity index (χ3v) is 4.97. The first-order valence-electron chi connectivity index (χ1n) is 8.20. The largest absolute Gasteiger partial charge is 0.369 e. The Morgan fingerprint density at radius 1 is 1.33 bits per heavy atom. The van der Waals surface area contributed by atoms with Gasteiger partial charge in [-0.2, -0.15) is 0 Å². The Labute approximate surface area is 128 Å². The molecule has 1 aliphatic heterocycles. The molecule has 3 heteroatoms. The van der Waals surface area contributed by atoms with Crippen molar-refractivity contribution < 1.29 is 0 Å². The molecule has 0 aromatic rings. The molecular weight excluding hydrogens is 258 g/mol. The van der Waals surface area contributed by atoms with Crippen molar-refractivity contribution in [3.8, 4) is 0 Å². The highest BCUT2D eigenvalue weighted by Crippen LogP contribution is 2.43. The maximum Gasteiger partial charge on any atom is 0.0464 e. The highest BCUT2D eigenvalue weighted by molar-refractivity contribution is 6.03. The lowest BCUT2D eigenvalue weighted by Gasteiger charge is -2.32. The summed E-state index contributed by atoms with van der Waals surface area (Å²) < 4.78 is 0. The highest BCUT2D eigenvalue weighted by atomic mass is 15.3. The smallest absolute Gasteiger partial charge is 0.0464 e. The summed E-state index contributed by atoms with van der Waals surface area (Å²) in [4.78, 5) is 7.10. The van der Waals surface area contributed by atoms with Gasteiger partial charge in [0.2, 0.25) is 0 Å². The van der Waals surface area contributed by atoms with Crippen LogP contribution in [-0.4, -0.2) is 35.8 Å². The summed E-state index contributed by atoms with van der Waals surface area (Å²) in [6.07, 6.45) is 7.90. The number of nitrogens with zero attached hydrogens (tertiary/aromatic N) is 2. The van der Waals surface area contributed by atoms with Crippen LogP contribution < -0.4 is 5.32 Å². The molecule has 0 amide bonds. The summed E-state index contributed by atoms with van der Waals surface area (Å²) in [5, 5.41) is 3.59. The van der Waals surface area contributed by atoms with Gasteiger partial charge in [-0.05, 0) is 51.5 Å². The zero-order valence-electron chi connectivity index (χ0n) is 13.5. The number of hydrogen-bond donors (Lipinski definition) is 1. The summed E-state index contributed by atoms with van der Waals surface area (Å²) >= 11 is 0. The Kier molecular flexibility index (Phi) is 4.03. The quantitative estimate of drug-likeness (QED) is 0.620. The van der Waals surface area contributed by atoms with Crippen molar-refractivity contribution in [2.45, 2.75) is 52.1 Å². The SMILES string of the molecule is C=CN=C(C)C(/C(=C\C)C1CC1)=C(\C)N1CCNC2CC21. The minimum atomic E-state index is 0.697. The molecule has 0 aromatic heterocycles. The summed E-state index contributed by atoms with van der Waals surface area (Å²) in [6, 6.07) is 1.41. The van der Waals surface area contributed by atoms with Gasteiger partial charge in [0, 0.05) is 48.4 Å². The summed E-state index contributed by atoms with van der Waals surface area (Å²) in [6.45, 7) is 12.5. The number of hydrogen-bond acceptors (Lipinski definition) is 3. The van der Waals surface area contributed by atoms with Crippen LogP contribution in [0.4, 0.5) is 0 Å². The van der Waals surface area contributed by atoms with Crippen LogP contribution in [0.2, 0.25) is 0 Å². The van der Waals surface area contributed by atoms with Crippen molar-refractivity contribution in [2.75, 3.05) is 13.1 Å². The molecule has 3 aliphatic rings. The Balaban J connectivity index is 1.98. The van der Waals surface area contributed by atoms with E-state index in [1.54, 1.807) is 6.20 Å². The van der Waals surface area contributed by atoms with Gasteiger partial charge in [-0.15, -0.1) is 0 Å². The van der Waals surface area contributed by atoms with E-state index < -0.39 is 0 Å². The van der Waals surface area contributed by atoms with Crippen LogP contribution in [0.3, 0.4) is 0 Å². The summed E-state index contributed by atoms with van der Waals surface area (Å²) in [5.41, 5.74) is 5.38. The fourth-order valence-electron chi connectivity index (χ4n) is 3.70. The number of allylic oxidation sites excluding steroid dienone is 4. The van der Waals surface area contributed by atoms with Crippen LogP contribution in [0.1, 0.15) is 40.0 Å². The minimum Gasteiger partial charge on any atom is -0.369 e. The van der Waals surface area contributed by atoms with Crippen LogP contribution in [0.25, 0.3) is 0 Å². The average Bonchev–Trinajstić information content (AvgIpc) is 3.36. The standard InChI is InChI=1S/C18H27N3/c1-5-15(14-7-8-14)18(12(3)19-6-2)13(4)21-10-9-20-16-11-17(16)21/h5-6,14,16-17,20H,2,7-11H2,1,3-4H3/b15-5-,18-13-,19-12?. The van der Waals surface area contributed by atoms with Crippen molar-refractivity contribution in [3.05, 3.63) is 35.7 Å². The molecule has 0 bridgehead atoms. The van der Waals surface area contributed by atoms with Gasteiger partial charge in [0.05, 0.1) is 0 Å². The normalized spacial score (nSPS) is 30.7. The van der Waals surface area contributed by atoms with Crippen LogP contribution in [0, 0.1) is 5.92 Å². The molecule has 21 heavy (non-hydrogen) atoms. The predicted octanol–water partition coefficient (Wildman–Crippen LogP) is 3.27. The molecular formula is C18H27N3. The van der Waals surface area contributed by atoms with Crippen LogP contribution in [0.15, 0.2) is 40.7 Å². The fourth-order valence-corrected chi connectivity index (χ4v) is 3.70. The first-order chi connectivity index (χ1) is 10.2. The predicted molar refractivity (Wildman–Crippen MR) is 89.4 cm³/mol. The van der Waals surface area contributed by atoms with Gasteiger partial charge in [-0.1, -0.05) is 12.7 Å². The van der Waals surface area contributed by atoms with Crippen molar-refractivity contribution in [1.29, 1.82) is 0 Å². The van der Waals surface area contributed by atoms with E-state index in [4.69, 9.17) is 0 Å². The maximum atomic E-state index is 4.50. The van der Waals surface area contributed by atoms with Gasteiger partial charge >= 0.3 is 0 Å². The van der Waals surface area contributed by atoms with Gasteiger partial charge in [0.15, 0.2) is 0 Å². The molecule has 0 radical (unpaired) electrons. The molecule has 3 nitrogen and oxygen atoms in total. The molecule has 0 spiro atoms. The second-order valence-electron chi connectivity index (χ2n) is 6.43. The number of aliphatic imine (C=N–C) groups is 1. The lowest BCUT2D eigenvalue weighted by molar-refractivity contribution is 0.286. The summed E-state index contributed by atoms with van der Waals surface area (Å²) in [5.74, 6) is 0.743. The maximum absolute atomic E-state index is 4.50. The lowest BCUT2D eigenvalue weighted by Crippen LogP contribution is -2.43. The Hall–Kier alpha value is -1.35. The molecule has 1 saturated heterocycles. The molecule has 2 atom stereocenters. The van der Waals surface area contributed by atoms with E-state index in [0.29, 0.717) is 12.1 Å². The van der Waals surface area contributed by atoms with Crippen molar-refractivity contribution >= 4 is 5.71 Å². The van der Waals surface area contributed by atoms with E-state index in [1.165, 1.54) is 36.1 Å². The second-order valence-corrected chi connectivity index (χ2v) is 6.43.